The fraction of sp³-hybridized carbons (Fsp3) is 0.385. The van der Waals surface area contributed by atoms with E-state index < -0.39 is 0 Å². The first kappa shape index (κ1) is 22.7. The summed E-state index contributed by atoms with van der Waals surface area (Å²) >= 11 is 1.35. The van der Waals surface area contributed by atoms with Gasteiger partial charge in [-0.3, -0.25) is 14.0 Å². The van der Waals surface area contributed by atoms with E-state index >= 15 is 0 Å². The molecule has 0 spiro atoms. The van der Waals surface area contributed by atoms with Crippen molar-refractivity contribution in [1.29, 1.82) is 0 Å². The molecule has 0 bridgehead atoms. The predicted octanol–water partition coefficient (Wildman–Crippen LogP) is 4.44. The minimum Gasteiger partial charge on any atom is -0.352 e. The molecule has 1 aliphatic carbocycles. The van der Waals surface area contributed by atoms with E-state index in [4.69, 9.17) is 0 Å². The maximum Gasteiger partial charge on any atom is 0.267 e. The Morgan fingerprint density at radius 2 is 1.79 bits per heavy atom. The summed E-state index contributed by atoms with van der Waals surface area (Å²) in [5.41, 5.74) is 3.39. The number of fused-ring (bicyclic) bond motifs is 3. The molecule has 1 aliphatic rings. The first-order valence-electron chi connectivity index (χ1n) is 11.8. The molecule has 7 nitrogen and oxygen atoms in total. The van der Waals surface area contributed by atoms with Crippen LogP contribution in [0.15, 0.2) is 52.4 Å². The average molecular weight is 476 g/mol. The van der Waals surface area contributed by atoms with Gasteiger partial charge < -0.3 is 5.32 Å². The molecule has 4 aromatic rings. The van der Waals surface area contributed by atoms with Gasteiger partial charge in [0.1, 0.15) is 0 Å². The number of rotatable bonds is 5. The Hall–Kier alpha value is -3.13. The van der Waals surface area contributed by atoms with Gasteiger partial charge >= 0.3 is 0 Å². The number of hydrogen-bond donors (Lipinski definition) is 1. The summed E-state index contributed by atoms with van der Waals surface area (Å²) < 4.78 is 3.54. The normalized spacial score (nSPS) is 18.4. The molecule has 2 aromatic heterocycles. The molecule has 0 aliphatic heterocycles. The van der Waals surface area contributed by atoms with Crippen LogP contribution in [-0.4, -0.2) is 36.9 Å². The molecule has 2 unspecified atom stereocenters. The van der Waals surface area contributed by atoms with E-state index in [0.717, 1.165) is 35.2 Å². The Bertz CT molecular complexity index is 1420. The molecule has 8 heteroatoms. The third-order valence-electron chi connectivity index (χ3n) is 6.85. The van der Waals surface area contributed by atoms with Crippen molar-refractivity contribution in [1.82, 2.24) is 24.5 Å². The van der Waals surface area contributed by atoms with Crippen LogP contribution in [-0.2, 0) is 4.79 Å². The van der Waals surface area contributed by atoms with Crippen LogP contribution >= 0.6 is 11.8 Å². The monoisotopic (exact) mass is 475 g/mol. The Balaban J connectivity index is 1.55. The largest absolute Gasteiger partial charge is 0.352 e. The van der Waals surface area contributed by atoms with E-state index in [1.54, 1.807) is 4.57 Å². The lowest BCUT2D eigenvalue weighted by atomic mass is 9.86. The number of carbonyl (C=O) groups excluding carboxylic acids is 1. The highest BCUT2D eigenvalue weighted by molar-refractivity contribution is 7.99. The molecule has 5 rings (SSSR count). The molecule has 2 atom stereocenters. The van der Waals surface area contributed by atoms with Crippen LogP contribution in [0, 0.1) is 19.8 Å². The summed E-state index contributed by atoms with van der Waals surface area (Å²) in [6.07, 6.45) is 4.61. The maximum atomic E-state index is 13.6. The van der Waals surface area contributed by atoms with Crippen molar-refractivity contribution in [3.63, 3.8) is 0 Å². The first-order chi connectivity index (χ1) is 16.5. The van der Waals surface area contributed by atoms with Crippen molar-refractivity contribution in [2.24, 2.45) is 5.92 Å². The van der Waals surface area contributed by atoms with Crippen molar-refractivity contribution in [3.05, 3.63) is 63.9 Å². The lowest BCUT2D eigenvalue weighted by Gasteiger charge is -2.29. The number of nitrogens with zero attached hydrogens (tertiary/aromatic N) is 4. The fourth-order valence-electron chi connectivity index (χ4n) is 5.04. The molecule has 1 saturated carbocycles. The van der Waals surface area contributed by atoms with Gasteiger partial charge in [0.25, 0.3) is 5.56 Å². The van der Waals surface area contributed by atoms with E-state index in [-0.39, 0.29) is 23.3 Å². The molecule has 2 aromatic carbocycles. The minimum atomic E-state index is -0.131. The van der Waals surface area contributed by atoms with Gasteiger partial charge in [0.2, 0.25) is 11.7 Å². The van der Waals surface area contributed by atoms with E-state index in [1.165, 1.54) is 24.6 Å². The minimum absolute atomic E-state index is 0.00729. The third-order valence-corrected chi connectivity index (χ3v) is 7.78. The Kier molecular flexibility index (Phi) is 6.16. The van der Waals surface area contributed by atoms with Gasteiger partial charge in [-0.1, -0.05) is 61.9 Å². The summed E-state index contributed by atoms with van der Waals surface area (Å²) in [7, 11) is 0. The van der Waals surface area contributed by atoms with Gasteiger partial charge in [0.15, 0.2) is 5.16 Å². The molecule has 1 fully saturated rings. The average Bonchev–Trinajstić information content (AvgIpc) is 3.25. The molecule has 1 N–H and O–H groups in total. The highest BCUT2D eigenvalue weighted by Crippen LogP contribution is 2.27. The highest BCUT2D eigenvalue weighted by Gasteiger charge is 2.24. The second-order valence-corrected chi connectivity index (χ2v) is 10.2. The summed E-state index contributed by atoms with van der Waals surface area (Å²) in [6, 6.07) is 13.7. The lowest BCUT2D eigenvalue weighted by molar-refractivity contribution is -0.119. The zero-order valence-electron chi connectivity index (χ0n) is 19.7. The molecular weight excluding hydrogens is 446 g/mol. The standard InChI is InChI=1S/C26H29N5O2S/c1-16-9-4-6-13-20(16)27-22(32)15-34-26-29-28-25-30(26)21-14-7-5-12-19(21)24(33)31(25)23-17(2)10-8-11-18(23)3/h5,7-8,10-12,14,16,20H,4,6,9,13,15H2,1-3H3,(H,27,32). The van der Waals surface area contributed by atoms with Crippen molar-refractivity contribution in [2.75, 3.05) is 5.75 Å². The zero-order chi connectivity index (χ0) is 23.8. The van der Waals surface area contributed by atoms with E-state index in [2.05, 4.69) is 22.4 Å². The first-order valence-corrected chi connectivity index (χ1v) is 12.8. The fourth-order valence-corrected chi connectivity index (χ4v) is 5.79. The topological polar surface area (TPSA) is 81.3 Å². The van der Waals surface area contributed by atoms with Crippen LogP contribution in [0.25, 0.3) is 22.4 Å². The number of carbonyl (C=O) groups is 1. The van der Waals surface area contributed by atoms with Crippen LogP contribution in [0.1, 0.15) is 43.7 Å². The van der Waals surface area contributed by atoms with Crippen LogP contribution in [0.2, 0.25) is 0 Å². The zero-order valence-corrected chi connectivity index (χ0v) is 20.6. The number of benzene rings is 2. The number of nitrogens with one attached hydrogen (secondary N) is 1. The summed E-state index contributed by atoms with van der Waals surface area (Å²) in [5.74, 6) is 1.21. The van der Waals surface area contributed by atoms with Gasteiger partial charge in [-0.2, -0.15) is 0 Å². The lowest BCUT2D eigenvalue weighted by Crippen LogP contribution is -2.41. The number of para-hydroxylation sites is 2. The molecule has 176 valence electrons. The number of hydrogen-bond acceptors (Lipinski definition) is 5. The summed E-state index contributed by atoms with van der Waals surface area (Å²) in [5, 5.41) is 13.2. The highest BCUT2D eigenvalue weighted by atomic mass is 32.2. The number of amides is 1. The van der Waals surface area contributed by atoms with Crippen molar-refractivity contribution in [3.8, 4) is 5.69 Å². The molecule has 0 saturated heterocycles. The van der Waals surface area contributed by atoms with E-state index in [1.807, 2.05) is 60.7 Å². The predicted molar refractivity (Wildman–Crippen MR) is 136 cm³/mol. The van der Waals surface area contributed by atoms with Gasteiger partial charge in [0, 0.05) is 6.04 Å². The molecule has 1 amide bonds. The van der Waals surface area contributed by atoms with Crippen LogP contribution in [0.4, 0.5) is 0 Å². The summed E-state index contributed by atoms with van der Waals surface area (Å²) in [6.45, 7) is 6.19. The van der Waals surface area contributed by atoms with Gasteiger partial charge in [-0.15, -0.1) is 10.2 Å². The molecular formula is C26H29N5O2S. The Morgan fingerprint density at radius 1 is 1.06 bits per heavy atom. The van der Waals surface area contributed by atoms with Crippen LogP contribution in [0.5, 0.6) is 0 Å². The van der Waals surface area contributed by atoms with E-state index in [0.29, 0.717) is 22.2 Å². The Morgan fingerprint density at radius 3 is 2.56 bits per heavy atom. The van der Waals surface area contributed by atoms with Gasteiger partial charge in [-0.25, -0.2) is 4.57 Å². The number of aryl methyl sites for hydroxylation is 2. The van der Waals surface area contributed by atoms with E-state index in [9.17, 15) is 9.59 Å². The quantitative estimate of drug-likeness (QED) is 0.432. The SMILES string of the molecule is Cc1cccc(C)c1-n1c(=O)c2ccccc2n2c(SCC(=O)NC3CCCCC3C)nnc12. The smallest absolute Gasteiger partial charge is 0.267 e. The summed E-state index contributed by atoms with van der Waals surface area (Å²) in [4.78, 5) is 26.3. The van der Waals surface area contributed by atoms with Crippen molar-refractivity contribution < 1.29 is 4.79 Å². The Labute approximate surface area is 202 Å². The van der Waals surface area contributed by atoms with Crippen LogP contribution in [0.3, 0.4) is 0 Å². The van der Waals surface area contributed by atoms with Crippen molar-refractivity contribution >= 4 is 34.3 Å². The van der Waals surface area contributed by atoms with Crippen LogP contribution < -0.4 is 10.9 Å². The van der Waals surface area contributed by atoms with Crippen molar-refractivity contribution in [2.45, 2.75) is 57.7 Å². The van der Waals surface area contributed by atoms with Gasteiger partial charge in [0.05, 0.1) is 22.3 Å². The molecule has 34 heavy (non-hydrogen) atoms. The molecule has 0 radical (unpaired) electrons. The third kappa shape index (κ3) is 4.00. The maximum absolute atomic E-state index is 13.6. The van der Waals surface area contributed by atoms with Gasteiger partial charge in [-0.05, 0) is 55.9 Å². The number of thioether (sulfide) groups is 1. The molecule has 2 heterocycles. The second kappa shape index (κ2) is 9.25. The number of aromatic nitrogens is 4. The second-order valence-electron chi connectivity index (χ2n) is 9.24.